The highest BCUT2D eigenvalue weighted by molar-refractivity contribution is 9.09. The maximum atomic E-state index is 9.63. The zero-order chi connectivity index (χ0) is 6.41. The number of halogens is 1. The summed E-state index contributed by atoms with van der Waals surface area (Å²) in [6.07, 6.45) is 0.246. The van der Waals surface area contributed by atoms with Crippen molar-refractivity contribution in [1.82, 2.24) is 5.43 Å². The molecule has 0 spiro atoms. The molecule has 0 aliphatic rings. The number of nitrogens with zero attached hydrogens (tertiary/aromatic N) is 1. The van der Waals surface area contributed by atoms with Gasteiger partial charge in [0.1, 0.15) is 0 Å². The van der Waals surface area contributed by atoms with Gasteiger partial charge in [0.05, 0.1) is 0 Å². The molecule has 0 radical (unpaired) electrons. The summed E-state index contributed by atoms with van der Waals surface area (Å²) in [7, 11) is 0. The highest BCUT2D eigenvalue weighted by Gasteiger charge is 1.83. The predicted octanol–water partition coefficient (Wildman–Crippen LogP) is 0.635. The van der Waals surface area contributed by atoms with Gasteiger partial charge in [0, 0.05) is 11.5 Å². The minimum atomic E-state index is -1.15. The van der Waals surface area contributed by atoms with Gasteiger partial charge in [-0.05, 0) is 0 Å². The monoisotopic (exact) mass is 180 g/mol. The Kier molecular flexibility index (Phi) is 4.24. The number of carboxylic acid groups (broad SMARTS) is 1. The second-order valence-electron chi connectivity index (χ2n) is 0.883. The Morgan fingerprint density at radius 3 is 3.00 bits per heavy atom. The molecule has 46 valence electrons. The molecule has 0 saturated heterocycles. The summed E-state index contributed by atoms with van der Waals surface area (Å²) in [6.45, 7) is 0. The van der Waals surface area contributed by atoms with Gasteiger partial charge in [-0.3, -0.25) is 0 Å². The Morgan fingerprint density at radius 1 is 2.00 bits per heavy atom. The third-order valence-corrected chi connectivity index (χ3v) is 0.610. The first-order chi connectivity index (χ1) is 3.77. The van der Waals surface area contributed by atoms with Crippen LogP contribution in [0.15, 0.2) is 5.10 Å². The molecule has 0 atom stereocenters. The van der Waals surface area contributed by atoms with Gasteiger partial charge in [-0.25, -0.2) is 10.2 Å². The fourth-order valence-electron chi connectivity index (χ4n) is 0.135. The Bertz CT molecular complexity index is 103. The number of hydrazone groups is 1. The first-order valence-corrected chi connectivity index (χ1v) is 2.96. The zero-order valence-electron chi connectivity index (χ0n) is 3.97. The summed E-state index contributed by atoms with van der Waals surface area (Å²) in [5.74, 6) is 0. The van der Waals surface area contributed by atoms with E-state index >= 15 is 0 Å². The standard InChI is InChI=1S/C3H5BrN2O2/c4-1-2-5-6-3(7)8/h2,6H,1H2,(H,7,8)/b5-2+. The van der Waals surface area contributed by atoms with Gasteiger partial charge in [-0.2, -0.15) is 5.10 Å². The molecule has 0 aromatic rings. The van der Waals surface area contributed by atoms with Crippen molar-refractivity contribution in [2.45, 2.75) is 0 Å². The number of hydrogen-bond acceptors (Lipinski definition) is 2. The minimum Gasteiger partial charge on any atom is -0.464 e. The summed E-state index contributed by atoms with van der Waals surface area (Å²) in [5, 5.41) is 11.7. The summed E-state index contributed by atoms with van der Waals surface area (Å²) in [4.78, 5) is 9.63. The van der Waals surface area contributed by atoms with Gasteiger partial charge in [-0.1, -0.05) is 15.9 Å². The molecular weight excluding hydrogens is 176 g/mol. The van der Waals surface area contributed by atoms with E-state index in [0.29, 0.717) is 5.33 Å². The van der Waals surface area contributed by atoms with Crippen LogP contribution in [0.25, 0.3) is 0 Å². The molecule has 0 aromatic heterocycles. The number of rotatable bonds is 2. The normalized spacial score (nSPS) is 9.62. The lowest BCUT2D eigenvalue weighted by Gasteiger charge is -1.84. The van der Waals surface area contributed by atoms with Gasteiger partial charge in [-0.15, -0.1) is 0 Å². The molecule has 0 fully saturated rings. The largest absolute Gasteiger partial charge is 0.464 e. The van der Waals surface area contributed by atoms with Crippen LogP contribution in [0.1, 0.15) is 0 Å². The zero-order valence-corrected chi connectivity index (χ0v) is 5.55. The van der Waals surface area contributed by atoms with Gasteiger partial charge in [0.2, 0.25) is 0 Å². The number of amides is 1. The smallest absolute Gasteiger partial charge is 0.425 e. The lowest BCUT2D eigenvalue weighted by Crippen LogP contribution is -2.13. The maximum absolute atomic E-state index is 9.63. The fraction of sp³-hybridized carbons (Fsp3) is 0.333. The number of nitrogens with one attached hydrogen (secondary N) is 1. The van der Waals surface area contributed by atoms with Crippen LogP contribution in [0.2, 0.25) is 0 Å². The molecule has 4 nitrogen and oxygen atoms in total. The van der Waals surface area contributed by atoms with E-state index in [4.69, 9.17) is 5.11 Å². The van der Waals surface area contributed by atoms with Crippen LogP contribution in [0.5, 0.6) is 0 Å². The van der Waals surface area contributed by atoms with E-state index < -0.39 is 6.09 Å². The Labute approximate surface area is 54.7 Å². The topological polar surface area (TPSA) is 61.7 Å². The van der Waals surface area contributed by atoms with Gasteiger partial charge >= 0.3 is 6.09 Å². The molecule has 2 N–H and O–H groups in total. The molecule has 0 unspecified atom stereocenters. The van der Waals surface area contributed by atoms with Crippen LogP contribution < -0.4 is 5.43 Å². The van der Waals surface area contributed by atoms with E-state index in [1.54, 1.807) is 5.43 Å². The van der Waals surface area contributed by atoms with Crippen molar-refractivity contribution < 1.29 is 9.90 Å². The SMILES string of the molecule is O=C(O)N/N=C/CBr. The van der Waals surface area contributed by atoms with Crippen LogP contribution in [0, 0.1) is 0 Å². The molecule has 0 rings (SSSR count). The third kappa shape index (κ3) is 5.42. The van der Waals surface area contributed by atoms with Crippen molar-refractivity contribution in [1.29, 1.82) is 0 Å². The van der Waals surface area contributed by atoms with E-state index in [1.807, 2.05) is 0 Å². The molecule has 0 aliphatic carbocycles. The van der Waals surface area contributed by atoms with Gasteiger partial charge < -0.3 is 5.11 Å². The Hall–Kier alpha value is -0.580. The van der Waals surface area contributed by atoms with E-state index in [2.05, 4.69) is 21.0 Å². The molecule has 5 heteroatoms. The van der Waals surface area contributed by atoms with Crippen molar-refractivity contribution in [2.75, 3.05) is 5.33 Å². The maximum Gasteiger partial charge on any atom is 0.425 e. The highest BCUT2D eigenvalue weighted by atomic mass is 79.9. The third-order valence-electron chi connectivity index (χ3n) is 0.320. The van der Waals surface area contributed by atoms with Crippen molar-refractivity contribution >= 4 is 28.2 Å². The molecule has 0 aromatic carbocycles. The summed E-state index contributed by atoms with van der Waals surface area (Å²) < 4.78 is 0. The van der Waals surface area contributed by atoms with Crippen molar-refractivity contribution in [3.8, 4) is 0 Å². The molecule has 8 heavy (non-hydrogen) atoms. The summed E-state index contributed by atoms with van der Waals surface area (Å²) >= 11 is 3.02. The van der Waals surface area contributed by atoms with Crippen LogP contribution in [0.3, 0.4) is 0 Å². The van der Waals surface area contributed by atoms with E-state index in [-0.39, 0.29) is 0 Å². The first kappa shape index (κ1) is 7.42. The van der Waals surface area contributed by atoms with E-state index in [1.165, 1.54) is 6.21 Å². The molecule has 0 heterocycles. The second-order valence-corrected chi connectivity index (χ2v) is 1.53. The van der Waals surface area contributed by atoms with Crippen LogP contribution in [0.4, 0.5) is 4.79 Å². The number of alkyl halides is 1. The first-order valence-electron chi connectivity index (χ1n) is 1.84. The van der Waals surface area contributed by atoms with Crippen LogP contribution >= 0.6 is 15.9 Å². The van der Waals surface area contributed by atoms with Crippen molar-refractivity contribution in [3.63, 3.8) is 0 Å². The molecule has 0 aliphatic heterocycles. The summed E-state index contributed by atoms with van der Waals surface area (Å²) in [6, 6.07) is 0. The van der Waals surface area contributed by atoms with E-state index in [0.717, 1.165) is 0 Å². The fourth-order valence-corrected chi connectivity index (χ4v) is 0.280. The molecule has 1 amide bonds. The lowest BCUT2D eigenvalue weighted by molar-refractivity contribution is 0.195. The molecule has 0 saturated carbocycles. The minimum absolute atomic E-state index is 0.549. The predicted molar refractivity (Wildman–Crippen MR) is 33.4 cm³/mol. The van der Waals surface area contributed by atoms with Crippen molar-refractivity contribution in [3.05, 3.63) is 0 Å². The Morgan fingerprint density at radius 2 is 2.62 bits per heavy atom. The molecule has 0 bridgehead atoms. The van der Waals surface area contributed by atoms with Crippen molar-refractivity contribution in [2.24, 2.45) is 5.10 Å². The van der Waals surface area contributed by atoms with E-state index in [9.17, 15) is 4.79 Å². The summed E-state index contributed by atoms with van der Waals surface area (Å²) in [5.41, 5.74) is 1.80. The van der Waals surface area contributed by atoms with Crippen LogP contribution in [-0.2, 0) is 0 Å². The van der Waals surface area contributed by atoms with Crippen LogP contribution in [-0.4, -0.2) is 22.7 Å². The second kappa shape index (κ2) is 4.58. The highest BCUT2D eigenvalue weighted by Crippen LogP contribution is 1.70. The average Bonchev–Trinajstić information content (AvgIpc) is 1.66. The lowest BCUT2D eigenvalue weighted by atomic mass is 10.9. The van der Waals surface area contributed by atoms with Gasteiger partial charge in [0.25, 0.3) is 0 Å². The quantitative estimate of drug-likeness (QED) is 0.373. The number of hydrogen-bond donors (Lipinski definition) is 2. The Balaban J connectivity index is 3.16. The van der Waals surface area contributed by atoms with Gasteiger partial charge in [0.15, 0.2) is 0 Å². The number of carbonyl (C=O) groups is 1. The molecular formula is C3H5BrN2O2. The average molecular weight is 181 g/mol.